The fourth-order valence-corrected chi connectivity index (χ4v) is 1.58. The zero-order valence-corrected chi connectivity index (χ0v) is 12.0. The fourth-order valence-electron chi connectivity index (χ4n) is 1.53. The number of benzene rings is 1. The molecule has 0 saturated heterocycles. The summed E-state index contributed by atoms with van der Waals surface area (Å²) in [4.78, 5) is 0. The summed E-state index contributed by atoms with van der Waals surface area (Å²) in [6, 6.07) is 9.72. The molecule has 0 radical (unpaired) electrons. The summed E-state index contributed by atoms with van der Waals surface area (Å²) in [6.45, 7) is 0.650. The second-order valence-corrected chi connectivity index (χ2v) is 4.56. The predicted octanol–water partition coefficient (Wildman–Crippen LogP) is 2.32. The van der Waals surface area contributed by atoms with Crippen molar-refractivity contribution in [1.82, 2.24) is 5.43 Å². The number of nitrogens with zero attached hydrogens (tertiary/aromatic N) is 2. The molecule has 20 heavy (non-hydrogen) atoms. The third-order valence-corrected chi connectivity index (χ3v) is 2.54. The quantitative estimate of drug-likeness (QED) is 0.332. The molecule has 5 nitrogen and oxygen atoms in total. The van der Waals surface area contributed by atoms with E-state index in [9.17, 15) is 0 Å². The van der Waals surface area contributed by atoms with Crippen LogP contribution in [-0.4, -0.2) is 17.9 Å². The first-order valence-electron chi connectivity index (χ1n) is 6.40. The van der Waals surface area contributed by atoms with E-state index in [-0.39, 0.29) is 5.11 Å². The lowest BCUT2D eigenvalue weighted by atomic mass is 10.2. The minimum absolute atomic E-state index is 0.131. The molecular weight excluding hydrogens is 272 g/mol. The van der Waals surface area contributed by atoms with Crippen LogP contribution in [0.1, 0.15) is 31.2 Å². The molecule has 3 N–H and O–H groups in total. The number of hydrogen-bond acceptors (Lipinski definition) is 4. The molecule has 0 aliphatic heterocycles. The van der Waals surface area contributed by atoms with Gasteiger partial charge in [-0.25, -0.2) is 0 Å². The molecule has 1 aromatic carbocycles. The number of thiocarbonyl (C=S) groups is 1. The first-order valence-corrected chi connectivity index (χ1v) is 6.81. The van der Waals surface area contributed by atoms with Crippen LogP contribution in [-0.2, 0) is 0 Å². The second kappa shape index (κ2) is 9.75. The lowest BCUT2D eigenvalue weighted by molar-refractivity contribution is 0.305. The summed E-state index contributed by atoms with van der Waals surface area (Å²) in [5, 5.41) is 12.4. The molecule has 0 bridgehead atoms. The van der Waals surface area contributed by atoms with Crippen molar-refractivity contribution in [1.29, 1.82) is 5.26 Å². The van der Waals surface area contributed by atoms with Gasteiger partial charge in [0.15, 0.2) is 5.11 Å². The van der Waals surface area contributed by atoms with Crippen LogP contribution in [0.4, 0.5) is 0 Å². The molecule has 0 atom stereocenters. The van der Waals surface area contributed by atoms with Crippen LogP contribution in [0.15, 0.2) is 29.4 Å². The third kappa shape index (κ3) is 7.34. The van der Waals surface area contributed by atoms with Crippen molar-refractivity contribution in [3.8, 4) is 11.8 Å². The molecule has 0 unspecified atom stereocenters. The number of rotatable bonds is 8. The topological polar surface area (TPSA) is 83.4 Å². The van der Waals surface area contributed by atoms with Crippen molar-refractivity contribution in [3.63, 3.8) is 0 Å². The van der Waals surface area contributed by atoms with Gasteiger partial charge in [0.1, 0.15) is 5.75 Å². The van der Waals surface area contributed by atoms with Gasteiger partial charge < -0.3 is 10.5 Å². The number of nitrogens with one attached hydrogen (secondary N) is 1. The van der Waals surface area contributed by atoms with E-state index in [2.05, 4.69) is 28.8 Å². The summed E-state index contributed by atoms with van der Waals surface area (Å²) < 4.78 is 5.64. The predicted molar refractivity (Wildman–Crippen MR) is 83.5 cm³/mol. The van der Waals surface area contributed by atoms with Gasteiger partial charge in [0, 0.05) is 6.42 Å². The highest BCUT2D eigenvalue weighted by Gasteiger charge is 1.96. The molecule has 0 aliphatic carbocycles. The molecule has 0 heterocycles. The smallest absolute Gasteiger partial charge is 0.184 e. The summed E-state index contributed by atoms with van der Waals surface area (Å²) in [7, 11) is 0. The zero-order chi connectivity index (χ0) is 14.6. The Kier molecular flexibility index (Phi) is 7.77. The summed E-state index contributed by atoms with van der Waals surface area (Å²) in [5.41, 5.74) is 8.66. The standard InChI is InChI=1S/C14H18N4OS/c15-8-3-1-2-4-9-19-13-7-5-6-12(10-13)11-17-18-14(16)20/h5-7,10-11H,1-4,9H2,(H3,16,18,20). The zero-order valence-electron chi connectivity index (χ0n) is 11.2. The first-order chi connectivity index (χ1) is 9.72. The highest BCUT2D eigenvalue weighted by molar-refractivity contribution is 7.80. The van der Waals surface area contributed by atoms with Gasteiger partial charge in [0.05, 0.1) is 18.9 Å². The first kappa shape index (κ1) is 15.9. The number of ether oxygens (including phenoxy) is 1. The van der Waals surface area contributed by atoms with Gasteiger partial charge in [0.25, 0.3) is 0 Å². The van der Waals surface area contributed by atoms with E-state index in [0.717, 1.165) is 30.6 Å². The molecule has 0 saturated carbocycles. The summed E-state index contributed by atoms with van der Waals surface area (Å²) >= 11 is 4.65. The number of unbranched alkanes of at least 4 members (excludes halogenated alkanes) is 3. The van der Waals surface area contributed by atoms with Crippen LogP contribution in [0.25, 0.3) is 0 Å². The SMILES string of the molecule is N#CCCCCCOc1cccc(C=NNC(N)=S)c1. The van der Waals surface area contributed by atoms with E-state index in [1.807, 2.05) is 24.3 Å². The molecule has 1 rings (SSSR count). The molecule has 0 amide bonds. The van der Waals surface area contributed by atoms with Crippen LogP contribution in [0.5, 0.6) is 5.75 Å². The van der Waals surface area contributed by atoms with Gasteiger partial charge >= 0.3 is 0 Å². The van der Waals surface area contributed by atoms with Gasteiger partial charge in [-0.15, -0.1) is 0 Å². The Hall–Kier alpha value is -2.13. The van der Waals surface area contributed by atoms with E-state index in [0.29, 0.717) is 13.0 Å². The Morgan fingerprint density at radius 3 is 3.05 bits per heavy atom. The molecule has 1 aromatic rings. The van der Waals surface area contributed by atoms with E-state index in [1.165, 1.54) is 0 Å². The Balaban J connectivity index is 2.34. The average molecular weight is 290 g/mol. The molecule has 106 valence electrons. The Morgan fingerprint density at radius 1 is 1.45 bits per heavy atom. The number of nitrogens with two attached hydrogens (primary N) is 1. The van der Waals surface area contributed by atoms with Crippen molar-refractivity contribution in [2.45, 2.75) is 25.7 Å². The Labute approximate surface area is 124 Å². The molecule has 0 spiro atoms. The number of hydrazone groups is 1. The van der Waals surface area contributed by atoms with Crippen molar-refractivity contribution in [2.24, 2.45) is 10.8 Å². The van der Waals surface area contributed by atoms with Gasteiger partial charge in [-0.3, -0.25) is 5.43 Å². The van der Waals surface area contributed by atoms with E-state index < -0.39 is 0 Å². The largest absolute Gasteiger partial charge is 0.494 e. The van der Waals surface area contributed by atoms with E-state index in [4.69, 9.17) is 15.7 Å². The van der Waals surface area contributed by atoms with Crippen LogP contribution in [0, 0.1) is 11.3 Å². The van der Waals surface area contributed by atoms with Crippen molar-refractivity contribution < 1.29 is 4.74 Å². The maximum atomic E-state index is 8.42. The van der Waals surface area contributed by atoms with Gasteiger partial charge in [0.2, 0.25) is 0 Å². The maximum Gasteiger partial charge on any atom is 0.184 e. The van der Waals surface area contributed by atoms with E-state index in [1.54, 1.807) is 6.21 Å². The summed E-state index contributed by atoms with van der Waals surface area (Å²) in [5.74, 6) is 0.796. The highest BCUT2D eigenvalue weighted by atomic mass is 32.1. The minimum Gasteiger partial charge on any atom is -0.494 e. The Bertz CT molecular complexity index is 496. The fraction of sp³-hybridized carbons (Fsp3) is 0.357. The molecule has 6 heteroatoms. The lowest BCUT2D eigenvalue weighted by Crippen LogP contribution is -2.23. The van der Waals surface area contributed by atoms with Crippen LogP contribution in [0.3, 0.4) is 0 Å². The van der Waals surface area contributed by atoms with Crippen molar-refractivity contribution in [3.05, 3.63) is 29.8 Å². The monoisotopic (exact) mass is 290 g/mol. The minimum atomic E-state index is 0.131. The normalized spacial score (nSPS) is 10.2. The van der Waals surface area contributed by atoms with Crippen LogP contribution >= 0.6 is 12.2 Å². The third-order valence-electron chi connectivity index (χ3n) is 2.45. The van der Waals surface area contributed by atoms with Crippen LogP contribution in [0.2, 0.25) is 0 Å². The molecular formula is C14H18N4OS. The average Bonchev–Trinajstić information content (AvgIpc) is 2.43. The van der Waals surface area contributed by atoms with E-state index >= 15 is 0 Å². The number of nitriles is 1. The van der Waals surface area contributed by atoms with Gasteiger partial charge in [-0.05, 0) is 49.2 Å². The lowest BCUT2D eigenvalue weighted by Gasteiger charge is -2.06. The molecule has 0 fully saturated rings. The molecule has 0 aromatic heterocycles. The maximum absolute atomic E-state index is 8.42. The van der Waals surface area contributed by atoms with Crippen molar-refractivity contribution >= 4 is 23.5 Å². The highest BCUT2D eigenvalue weighted by Crippen LogP contribution is 2.12. The van der Waals surface area contributed by atoms with Gasteiger partial charge in [-0.1, -0.05) is 12.1 Å². The Morgan fingerprint density at radius 2 is 2.30 bits per heavy atom. The molecule has 0 aliphatic rings. The number of hydrogen-bond donors (Lipinski definition) is 2. The van der Waals surface area contributed by atoms with Crippen molar-refractivity contribution in [2.75, 3.05) is 6.61 Å². The second-order valence-electron chi connectivity index (χ2n) is 4.12. The van der Waals surface area contributed by atoms with Crippen LogP contribution < -0.4 is 15.9 Å². The summed E-state index contributed by atoms with van der Waals surface area (Å²) in [6.07, 6.45) is 5.12. The van der Waals surface area contributed by atoms with Gasteiger partial charge in [-0.2, -0.15) is 10.4 Å².